The number of aliphatic hydroxyl groups excluding tert-OH is 2. The number of rotatable bonds is 17. The molecule has 1 unspecified atom stereocenters. The van der Waals surface area contributed by atoms with E-state index in [4.69, 9.17) is 32.3 Å². The van der Waals surface area contributed by atoms with Crippen LogP contribution in [0.15, 0.2) is 86.6 Å². The zero-order valence-corrected chi connectivity index (χ0v) is 51.1. The van der Waals surface area contributed by atoms with Gasteiger partial charge in [0.2, 0.25) is 0 Å². The third-order valence-electron chi connectivity index (χ3n) is 18.3. The molecule has 0 radical (unpaired) electrons. The van der Waals surface area contributed by atoms with Gasteiger partial charge in [-0.2, -0.15) is 8.42 Å². The summed E-state index contributed by atoms with van der Waals surface area (Å²) in [4.78, 5) is 0.188. The lowest BCUT2D eigenvalue weighted by Crippen LogP contribution is -2.41. The molecule has 2 saturated heterocycles. The zero-order chi connectivity index (χ0) is 55.8. The minimum absolute atomic E-state index is 0.114. The van der Waals surface area contributed by atoms with Crippen LogP contribution in [0.1, 0.15) is 170 Å². The zero-order valence-electron chi connectivity index (χ0n) is 47.1. The lowest BCUT2D eigenvalue weighted by molar-refractivity contribution is 0.00578. The predicted octanol–water partition coefficient (Wildman–Crippen LogP) is 12.3. The normalized spacial score (nSPS) is 21.2. The Hall–Kier alpha value is -3.22. The third kappa shape index (κ3) is 10.3. The summed E-state index contributed by atoms with van der Waals surface area (Å²) in [6.07, 6.45) is 7.38. The molecule has 2 fully saturated rings. The van der Waals surface area contributed by atoms with E-state index in [2.05, 4.69) is 143 Å². The lowest BCUT2D eigenvalue weighted by Gasteiger charge is -2.33. The van der Waals surface area contributed by atoms with Gasteiger partial charge in [-0.25, -0.2) is 0 Å². The van der Waals surface area contributed by atoms with E-state index in [9.17, 15) is 18.6 Å². The molecular formula is C62H76B2Br2O11S. The molecule has 5 aromatic carbocycles. The quantitative estimate of drug-likeness (QED) is 0.0522. The summed E-state index contributed by atoms with van der Waals surface area (Å²) < 4.78 is 71.9. The van der Waals surface area contributed by atoms with Gasteiger partial charge in [-0.05, 0) is 221 Å². The maximum absolute atomic E-state index is 13.0. The first-order valence-corrected chi connectivity index (χ1v) is 31.0. The van der Waals surface area contributed by atoms with Crippen molar-refractivity contribution in [1.82, 2.24) is 0 Å². The molecule has 0 amide bonds. The fourth-order valence-electron chi connectivity index (χ4n) is 12.9. The number of hydrogen-bond acceptors (Lipinski definition) is 11. The molecule has 5 aromatic rings. The molecule has 78 heavy (non-hydrogen) atoms. The molecule has 0 bridgehead atoms. The van der Waals surface area contributed by atoms with Crippen LogP contribution in [-0.2, 0) is 79.6 Å². The van der Waals surface area contributed by atoms with E-state index in [1.807, 2.05) is 6.92 Å². The predicted molar refractivity (Wildman–Crippen MR) is 315 cm³/mol. The van der Waals surface area contributed by atoms with Crippen molar-refractivity contribution in [3.63, 3.8) is 0 Å². The first kappa shape index (κ1) is 58.0. The van der Waals surface area contributed by atoms with Crippen molar-refractivity contribution in [3.05, 3.63) is 132 Å². The highest BCUT2D eigenvalue weighted by molar-refractivity contribution is 9.10. The van der Waals surface area contributed by atoms with Crippen molar-refractivity contribution in [2.75, 3.05) is 19.8 Å². The second-order valence-electron chi connectivity index (χ2n) is 24.5. The van der Waals surface area contributed by atoms with Gasteiger partial charge < -0.3 is 38.3 Å². The maximum atomic E-state index is 13.0. The number of unbranched alkanes of at least 4 members (excludes halogenated alkanes) is 1. The number of ether oxygens (including phenoxy) is 2. The second kappa shape index (κ2) is 21.8. The Labute approximate surface area is 480 Å². The van der Waals surface area contributed by atoms with Crippen molar-refractivity contribution in [3.8, 4) is 22.3 Å². The molecule has 4 heterocycles. The second-order valence-corrected chi connectivity index (χ2v) is 27.9. The van der Waals surface area contributed by atoms with Crippen molar-refractivity contribution < 1.29 is 50.9 Å². The molecule has 6 aliphatic rings. The first-order valence-electron chi connectivity index (χ1n) is 28.0. The Kier molecular flexibility index (Phi) is 16.2. The van der Waals surface area contributed by atoms with Gasteiger partial charge in [-0.3, -0.25) is 4.18 Å². The summed E-state index contributed by atoms with van der Waals surface area (Å²) in [5, 5.41) is 19.6. The molecule has 11 rings (SSSR count). The Morgan fingerprint density at radius 3 is 1.27 bits per heavy atom. The largest absolute Gasteiger partial charge is 0.494 e. The highest BCUT2D eigenvalue weighted by Gasteiger charge is 2.55. The topological polar surface area (TPSA) is 139 Å². The van der Waals surface area contributed by atoms with Crippen LogP contribution >= 0.6 is 31.9 Å². The standard InChI is InChI=1S/C35H42BBrO6S.C27H34BBrO5/c1-7-8-14-35(15-9-16-41-44(38,39)28-12-10-23(2)11-13-28)29-19-26(36-42-33(3,4)34(5,6)43-36)17-24-21-40-22-25-18-27(37)20-30(35)32(25)31(24)29;1-25(2)26(3,4)34-28(33-25)19-11-17-15-32-16-18-12-20(29)14-22-24(18)23(17)21(13-19)27(22,7-5-9-30)8-6-10-31/h10-13,17-20H,7-9,14-16,21-22H2,1-6H3;11-14,30-31H,5-10,15-16H2,1-4H3. The van der Waals surface area contributed by atoms with E-state index in [0.29, 0.717) is 45.7 Å². The molecule has 416 valence electrons. The third-order valence-corrected chi connectivity index (χ3v) is 20.5. The molecule has 2 N–H and O–H groups in total. The summed E-state index contributed by atoms with van der Waals surface area (Å²) in [5.74, 6) is 0. The number of aliphatic hydroxyl groups is 2. The SMILES string of the molecule is CC1(C)OB(c2cc3c4c(c2)C(CCCO)(CCCO)c2cc(Br)cc(c2-4)COC3)OC1(C)C.CCCCC1(CCCOS(=O)(=O)c2ccc(C)cc2)c2cc(Br)cc3c2-c2c(cc(B4OC(C)(C)C(C)(C)O4)cc21)COC3. The van der Waals surface area contributed by atoms with Gasteiger partial charge in [0.25, 0.3) is 10.1 Å². The molecule has 16 heteroatoms. The van der Waals surface area contributed by atoms with Crippen LogP contribution in [0, 0.1) is 6.92 Å². The van der Waals surface area contributed by atoms with Crippen molar-refractivity contribution >= 4 is 67.1 Å². The Balaban J connectivity index is 0.000000182. The number of benzene rings is 5. The number of hydrogen-bond donors (Lipinski definition) is 2. The van der Waals surface area contributed by atoms with Crippen molar-refractivity contribution in [2.45, 2.75) is 192 Å². The molecule has 2 aliphatic carbocycles. The van der Waals surface area contributed by atoms with Gasteiger partial charge in [0, 0.05) is 33.0 Å². The van der Waals surface area contributed by atoms with Gasteiger partial charge in [0.05, 0.1) is 60.3 Å². The summed E-state index contributed by atoms with van der Waals surface area (Å²) in [6.45, 7) is 23.3. The lowest BCUT2D eigenvalue weighted by atomic mass is 9.68. The highest BCUT2D eigenvalue weighted by atomic mass is 79.9. The van der Waals surface area contributed by atoms with Crippen LogP contribution < -0.4 is 10.9 Å². The first-order chi connectivity index (χ1) is 36.9. The van der Waals surface area contributed by atoms with Crippen LogP contribution in [0.5, 0.6) is 0 Å². The fraction of sp³-hybridized carbons (Fsp3) is 0.516. The summed E-state index contributed by atoms with van der Waals surface area (Å²) in [5.41, 5.74) is 15.4. The molecular weight excluding hydrogens is 1130 g/mol. The Morgan fingerprint density at radius 2 is 0.885 bits per heavy atom. The summed E-state index contributed by atoms with van der Waals surface area (Å²) in [7, 11) is -4.80. The number of halogens is 2. The van der Waals surface area contributed by atoms with E-state index < -0.39 is 46.8 Å². The molecule has 4 aliphatic heterocycles. The van der Waals surface area contributed by atoms with Gasteiger partial charge in [-0.1, -0.05) is 93.6 Å². The van der Waals surface area contributed by atoms with Gasteiger partial charge >= 0.3 is 14.2 Å². The van der Waals surface area contributed by atoms with Crippen LogP contribution in [0.25, 0.3) is 22.3 Å². The molecule has 1 atom stereocenters. The Morgan fingerprint density at radius 1 is 0.526 bits per heavy atom. The van der Waals surface area contributed by atoms with Crippen LogP contribution in [0.4, 0.5) is 0 Å². The minimum atomic E-state index is -3.84. The van der Waals surface area contributed by atoms with Crippen molar-refractivity contribution in [1.29, 1.82) is 0 Å². The Bertz CT molecular complexity index is 3170. The summed E-state index contributed by atoms with van der Waals surface area (Å²) >= 11 is 7.53. The fourth-order valence-corrected chi connectivity index (χ4v) is 14.8. The maximum Gasteiger partial charge on any atom is 0.494 e. The smallest absolute Gasteiger partial charge is 0.399 e. The van der Waals surface area contributed by atoms with E-state index in [-0.39, 0.29) is 35.5 Å². The molecule has 11 nitrogen and oxygen atoms in total. The molecule has 0 aromatic heterocycles. The monoisotopic (exact) mass is 1210 g/mol. The van der Waals surface area contributed by atoms with Crippen LogP contribution in [0.2, 0.25) is 0 Å². The minimum Gasteiger partial charge on any atom is -0.399 e. The van der Waals surface area contributed by atoms with E-state index in [1.165, 1.54) is 55.6 Å². The van der Waals surface area contributed by atoms with Gasteiger partial charge in [-0.15, -0.1) is 0 Å². The average molecular weight is 1210 g/mol. The van der Waals surface area contributed by atoms with Gasteiger partial charge in [0.1, 0.15) is 0 Å². The van der Waals surface area contributed by atoms with E-state index in [1.54, 1.807) is 24.3 Å². The van der Waals surface area contributed by atoms with Crippen LogP contribution in [0.3, 0.4) is 0 Å². The molecule has 0 saturated carbocycles. The van der Waals surface area contributed by atoms with E-state index in [0.717, 1.165) is 75.1 Å². The summed E-state index contributed by atoms with van der Waals surface area (Å²) in [6, 6.07) is 24.6. The number of aryl methyl sites for hydroxylation is 1. The highest BCUT2D eigenvalue weighted by Crippen LogP contribution is 2.59. The average Bonchev–Trinajstić information content (AvgIpc) is 4.03. The van der Waals surface area contributed by atoms with Crippen LogP contribution in [-0.4, -0.2) is 75.1 Å². The van der Waals surface area contributed by atoms with Crippen molar-refractivity contribution in [2.24, 2.45) is 0 Å². The van der Waals surface area contributed by atoms with Gasteiger partial charge in [0.15, 0.2) is 0 Å². The molecule has 0 spiro atoms. The van der Waals surface area contributed by atoms with E-state index >= 15 is 0 Å².